The van der Waals surface area contributed by atoms with Gasteiger partial charge in [-0.05, 0) is 48.8 Å². The molecule has 0 bridgehead atoms. The van der Waals surface area contributed by atoms with Gasteiger partial charge >= 0.3 is 0 Å². The number of nitrogens with one attached hydrogen (secondary N) is 1. The number of rotatable bonds is 10. The Morgan fingerprint density at radius 3 is 2.59 bits per heavy atom. The van der Waals surface area contributed by atoms with Gasteiger partial charge in [-0.1, -0.05) is 72.8 Å². The predicted octanol–water partition coefficient (Wildman–Crippen LogP) is 3.77. The molecule has 3 aliphatic rings. The van der Waals surface area contributed by atoms with Crippen LogP contribution >= 0.6 is 0 Å². The van der Waals surface area contributed by atoms with Crippen LogP contribution in [0.4, 0.5) is 11.4 Å². The number of aliphatic hydroxyl groups excluding tert-OH is 1. The van der Waals surface area contributed by atoms with Gasteiger partial charge in [0.1, 0.15) is 0 Å². The standard InChI is InChI=1S/C37H44N6O5Si/c1-25-35(49(2,3)47)33(16-18-41-23-31(39-40-41)29(24-44)27-11-5-4-6-12-27)48-37(25)30-14-7-8-15-32(30)43(36(37)46)22-26-10-9-13-28(20-26)42-19-17-38-21-34(42)45/h4-15,20,23,25,29,33,35,38,44,47H,16-19,21-22,24H2,1-3H3/t25-,29?,33+,35-,37+/m0/s1. The number of aryl methyl sites for hydroxylation is 1. The van der Waals surface area contributed by atoms with E-state index in [0.29, 0.717) is 38.3 Å². The summed E-state index contributed by atoms with van der Waals surface area (Å²) in [5.74, 6) is -0.672. The summed E-state index contributed by atoms with van der Waals surface area (Å²) in [7, 11) is -2.84. The zero-order valence-corrected chi connectivity index (χ0v) is 29.2. The third kappa shape index (κ3) is 6.01. The van der Waals surface area contributed by atoms with E-state index in [1.54, 1.807) is 14.5 Å². The van der Waals surface area contributed by atoms with E-state index >= 15 is 0 Å². The molecule has 49 heavy (non-hydrogen) atoms. The molecule has 2 fully saturated rings. The Labute approximate surface area is 287 Å². The molecule has 12 heteroatoms. The summed E-state index contributed by atoms with van der Waals surface area (Å²) < 4.78 is 8.75. The van der Waals surface area contributed by atoms with E-state index in [1.807, 2.05) is 105 Å². The first-order valence-corrected chi connectivity index (χ1v) is 20.1. The first-order chi connectivity index (χ1) is 23.6. The van der Waals surface area contributed by atoms with Crippen molar-refractivity contribution in [2.24, 2.45) is 5.92 Å². The molecule has 1 spiro atoms. The summed E-state index contributed by atoms with van der Waals surface area (Å²) in [6.45, 7) is 8.24. The number of amides is 2. The number of piperazine rings is 1. The molecule has 256 valence electrons. The zero-order chi connectivity index (χ0) is 34.3. The van der Waals surface area contributed by atoms with Crippen molar-refractivity contribution in [1.29, 1.82) is 0 Å². The summed E-state index contributed by atoms with van der Waals surface area (Å²) in [5.41, 5.74) is 3.55. The number of hydrogen-bond donors (Lipinski definition) is 3. The van der Waals surface area contributed by atoms with Crippen molar-refractivity contribution in [3.8, 4) is 0 Å². The second kappa shape index (κ2) is 13.3. The van der Waals surface area contributed by atoms with E-state index in [4.69, 9.17) is 4.74 Å². The van der Waals surface area contributed by atoms with Crippen LogP contribution in [0.3, 0.4) is 0 Å². The molecule has 5 atom stereocenters. The zero-order valence-electron chi connectivity index (χ0n) is 28.2. The lowest BCUT2D eigenvalue weighted by Crippen LogP contribution is -2.48. The van der Waals surface area contributed by atoms with Gasteiger partial charge in [0.2, 0.25) is 5.91 Å². The van der Waals surface area contributed by atoms with Gasteiger partial charge in [0, 0.05) is 48.5 Å². The van der Waals surface area contributed by atoms with E-state index in [9.17, 15) is 19.5 Å². The molecule has 4 heterocycles. The Morgan fingerprint density at radius 1 is 1.06 bits per heavy atom. The van der Waals surface area contributed by atoms with Crippen LogP contribution < -0.4 is 15.1 Å². The second-order valence-corrected chi connectivity index (χ2v) is 18.0. The van der Waals surface area contributed by atoms with Crippen molar-refractivity contribution < 1.29 is 24.2 Å². The molecule has 2 saturated heterocycles. The summed E-state index contributed by atoms with van der Waals surface area (Å²) in [4.78, 5) is 42.7. The Morgan fingerprint density at radius 2 is 1.84 bits per heavy atom. The van der Waals surface area contributed by atoms with E-state index in [1.165, 1.54) is 0 Å². The van der Waals surface area contributed by atoms with E-state index in [2.05, 4.69) is 15.6 Å². The molecule has 7 rings (SSSR count). The number of ether oxygens (including phenoxy) is 1. The van der Waals surface area contributed by atoms with Gasteiger partial charge in [-0.25, -0.2) is 0 Å². The number of carbonyl (C=O) groups excluding carboxylic acids is 2. The highest BCUT2D eigenvalue weighted by molar-refractivity contribution is 6.71. The number of nitrogens with zero attached hydrogens (tertiary/aromatic N) is 5. The molecule has 0 radical (unpaired) electrons. The lowest BCUT2D eigenvalue weighted by molar-refractivity contribution is -0.146. The maximum absolute atomic E-state index is 14.8. The van der Waals surface area contributed by atoms with Crippen LogP contribution in [0, 0.1) is 5.92 Å². The molecule has 1 aromatic heterocycles. The maximum atomic E-state index is 14.8. The SMILES string of the molecule is C[C@H]1[C@H]([Si](C)(C)O)[C@@H](CCn2cc(C(CO)c3ccccc3)nn2)O[C@]12C(=O)N(Cc1cccc(N3CCNCC3=O)c1)c1ccccc12. The third-order valence-electron chi connectivity index (χ3n) is 10.5. The van der Waals surface area contributed by atoms with Gasteiger partial charge < -0.3 is 29.8 Å². The molecule has 2 amide bonds. The van der Waals surface area contributed by atoms with Crippen molar-refractivity contribution in [1.82, 2.24) is 20.3 Å². The normalized spacial score (nSPS) is 24.6. The fraction of sp³-hybridized carbons (Fsp3) is 0.405. The topological polar surface area (TPSA) is 133 Å². The highest BCUT2D eigenvalue weighted by atomic mass is 28.4. The first kappa shape index (κ1) is 33.3. The minimum Gasteiger partial charge on any atom is -0.432 e. The third-order valence-corrected chi connectivity index (χ3v) is 13.0. The van der Waals surface area contributed by atoms with Gasteiger partial charge in [-0.2, -0.15) is 0 Å². The van der Waals surface area contributed by atoms with E-state index < -0.39 is 20.0 Å². The molecule has 4 aromatic rings. The van der Waals surface area contributed by atoms with Crippen LogP contribution in [0.2, 0.25) is 18.6 Å². The molecular formula is C37H44N6O5Si. The van der Waals surface area contributed by atoms with Crippen LogP contribution in [0.5, 0.6) is 0 Å². The molecule has 11 nitrogen and oxygen atoms in total. The highest BCUT2D eigenvalue weighted by Gasteiger charge is 2.66. The minimum absolute atomic E-state index is 0.0255. The highest BCUT2D eigenvalue weighted by Crippen LogP contribution is 2.59. The maximum Gasteiger partial charge on any atom is 0.264 e. The van der Waals surface area contributed by atoms with Crippen LogP contribution in [-0.4, -0.2) is 77.4 Å². The van der Waals surface area contributed by atoms with Crippen LogP contribution in [0.25, 0.3) is 0 Å². The van der Waals surface area contributed by atoms with Gasteiger partial charge in [-0.3, -0.25) is 14.3 Å². The lowest BCUT2D eigenvalue weighted by atomic mass is 9.82. The van der Waals surface area contributed by atoms with Crippen molar-refractivity contribution in [2.45, 2.75) is 62.7 Å². The van der Waals surface area contributed by atoms with Crippen LogP contribution in [-0.2, 0) is 33.0 Å². The number of anilines is 2. The molecule has 1 unspecified atom stereocenters. The second-order valence-electron chi connectivity index (χ2n) is 14.0. The number of para-hydroxylation sites is 1. The molecular weight excluding hydrogens is 637 g/mol. The van der Waals surface area contributed by atoms with Gasteiger partial charge in [0.15, 0.2) is 13.9 Å². The molecule has 3 aromatic carbocycles. The van der Waals surface area contributed by atoms with Gasteiger partial charge in [0.05, 0.1) is 43.1 Å². The smallest absolute Gasteiger partial charge is 0.264 e. The van der Waals surface area contributed by atoms with E-state index in [0.717, 1.165) is 34.6 Å². The number of fused-ring (bicyclic) bond motifs is 2. The molecule has 0 saturated carbocycles. The molecule has 3 N–H and O–H groups in total. The Hall–Kier alpha value is -4.20. The summed E-state index contributed by atoms with van der Waals surface area (Å²) in [6, 6.07) is 25.4. The number of hydrogen-bond acceptors (Lipinski definition) is 8. The number of aromatic nitrogens is 3. The predicted molar refractivity (Wildman–Crippen MR) is 188 cm³/mol. The Balaban J connectivity index is 1.15. The largest absolute Gasteiger partial charge is 0.432 e. The number of carbonyl (C=O) groups is 2. The fourth-order valence-electron chi connectivity index (χ4n) is 8.24. The Bertz CT molecular complexity index is 1830. The first-order valence-electron chi connectivity index (χ1n) is 17.1. The van der Waals surface area contributed by atoms with Crippen LogP contribution in [0.1, 0.15) is 41.6 Å². The Kier molecular flexibility index (Phi) is 9.01. The average molecular weight is 681 g/mol. The minimum atomic E-state index is -2.84. The van der Waals surface area contributed by atoms with Crippen molar-refractivity contribution in [3.63, 3.8) is 0 Å². The lowest BCUT2D eigenvalue weighted by Gasteiger charge is -2.32. The quantitative estimate of drug-likeness (QED) is 0.216. The monoisotopic (exact) mass is 680 g/mol. The number of aliphatic hydroxyl groups is 1. The van der Waals surface area contributed by atoms with Crippen molar-refractivity contribution in [2.75, 3.05) is 36.0 Å². The molecule has 3 aliphatic heterocycles. The van der Waals surface area contributed by atoms with Crippen molar-refractivity contribution >= 4 is 31.5 Å². The fourth-order valence-corrected chi connectivity index (χ4v) is 10.8. The summed E-state index contributed by atoms with van der Waals surface area (Å²) in [5, 5.41) is 22.0. The van der Waals surface area contributed by atoms with E-state index in [-0.39, 0.29) is 35.8 Å². The average Bonchev–Trinajstić information content (AvgIpc) is 3.75. The van der Waals surface area contributed by atoms with Crippen LogP contribution in [0.15, 0.2) is 85.1 Å². The van der Waals surface area contributed by atoms with Gasteiger partial charge in [0.25, 0.3) is 5.91 Å². The van der Waals surface area contributed by atoms with Gasteiger partial charge in [-0.15, -0.1) is 5.10 Å². The molecule has 0 aliphatic carbocycles. The summed E-state index contributed by atoms with van der Waals surface area (Å²) in [6.07, 6.45) is 2.00. The summed E-state index contributed by atoms with van der Waals surface area (Å²) >= 11 is 0. The number of benzene rings is 3. The van der Waals surface area contributed by atoms with Crippen molar-refractivity contribution in [3.05, 3.63) is 107 Å².